The summed E-state index contributed by atoms with van der Waals surface area (Å²) in [5.74, 6) is -0.350. The first-order chi connectivity index (χ1) is 10.8. The summed E-state index contributed by atoms with van der Waals surface area (Å²) in [5.41, 5.74) is -0.367. The lowest BCUT2D eigenvalue weighted by Gasteiger charge is -2.25. The van der Waals surface area contributed by atoms with Crippen LogP contribution in [0.25, 0.3) is 0 Å². The van der Waals surface area contributed by atoms with Crippen molar-refractivity contribution in [2.75, 3.05) is 11.4 Å². The summed E-state index contributed by atoms with van der Waals surface area (Å²) < 4.78 is 38.7. The summed E-state index contributed by atoms with van der Waals surface area (Å²) >= 11 is 0. The van der Waals surface area contributed by atoms with Crippen molar-refractivity contribution < 1.29 is 18.0 Å². The van der Waals surface area contributed by atoms with Crippen LogP contribution in [0.4, 0.5) is 18.9 Å². The monoisotopic (exact) mass is 323 g/mol. The Bertz CT molecular complexity index is 672. The van der Waals surface area contributed by atoms with Crippen LogP contribution >= 0.6 is 0 Å². The number of rotatable bonds is 4. The zero-order chi connectivity index (χ0) is 17.0. The van der Waals surface area contributed by atoms with Crippen LogP contribution in [0.15, 0.2) is 43.0 Å². The Morgan fingerprint density at radius 1 is 1.22 bits per heavy atom. The van der Waals surface area contributed by atoms with Crippen molar-refractivity contribution in [1.82, 2.24) is 9.97 Å². The Hall–Kier alpha value is -2.44. The number of nitrogens with zero attached hydrogens (tertiary/aromatic N) is 3. The van der Waals surface area contributed by atoms with E-state index in [1.807, 2.05) is 13.8 Å². The molecule has 7 heteroatoms. The molecule has 0 N–H and O–H groups in total. The van der Waals surface area contributed by atoms with E-state index in [9.17, 15) is 18.0 Å². The number of alkyl halides is 3. The van der Waals surface area contributed by atoms with Gasteiger partial charge in [-0.15, -0.1) is 0 Å². The highest BCUT2D eigenvalue weighted by molar-refractivity contribution is 6.05. The highest BCUT2D eigenvalue weighted by Crippen LogP contribution is 2.32. The second-order valence-corrected chi connectivity index (χ2v) is 5.48. The first-order valence-electron chi connectivity index (χ1n) is 7.03. The zero-order valence-corrected chi connectivity index (χ0v) is 12.7. The molecule has 4 nitrogen and oxygen atoms in total. The van der Waals surface area contributed by atoms with Gasteiger partial charge < -0.3 is 4.90 Å². The molecule has 0 saturated carbocycles. The van der Waals surface area contributed by atoms with E-state index < -0.39 is 17.6 Å². The Balaban J connectivity index is 2.41. The van der Waals surface area contributed by atoms with Crippen LogP contribution in [0.2, 0.25) is 0 Å². The topological polar surface area (TPSA) is 46.1 Å². The minimum atomic E-state index is -4.46. The van der Waals surface area contributed by atoms with Gasteiger partial charge in [-0.05, 0) is 24.1 Å². The van der Waals surface area contributed by atoms with Crippen LogP contribution in [0.3, 0.4) is 0 Å². The first-order valence-corrected chi connectivity index (χ1v) is 7.03. The second kappa shape index (κ2) is 6.76. The quantitative estimate of drug-likeness (QED) is 0.860. The van der Waals surface area contributed by atoms with Gasteiger partial charge >= 0.3 is 6.18 Å². The maximum Gasteiger partial charge on any atom is 0.416 e. The zero-order valence-electron chi connectivity index (χ0n) is 12.7. The Labute approximate surface area is 132 Å². The lowest BCUT2D eigenvalue weighted by molar-refractivity contribution is -0.137. The van der Waals surface area contributed by atoms with Gasteiger partial charge in [0, 0.05) is 24.6 Å². The summed E-state index contributed by atoms with van der Waals surface area (Å²) in [6.45, 7) is 4.06. The van der Waals surface area contributed by atoms with E-state index in [2.05, 4.69) is 9.97 Å². The molecular formula is C16H16F3N3O. The fourth-order valence-electron chi connectivity index (χ4n) is 2.09. The van der Waals surface area contributed by atoms with E-state index in [-0.39, 0.29) is 23.7 Å². The molecule has 0 radical (unpaired) electrons. The number of carbonyl (C=O) groups is 1. The highest BCUT2D eigenvalue weighted by atomic mass is 19.4. The van der Waals surface area contributed by atoms with Gasteiger partial charge in [-0.1, -0.05) is 19.9 Å². The van der Waals surface area contributed by atoms with E-state index in [0.717, 1.165) is 12.1 Å². The van der Waals surface area contributed by atoms with Crippen LogP contribution in [0, 0.1) is 5.92 Å². The molecule has 23 heavy (non-hydrogen) atoms. The fourth-order valence-corrected chi connectivity index (χ4v) is 2.09. The van der Waals surface area contributed by atoms with Crippen LogP contribution < -0.4 is 4.90 Å². The predicted octanol–water partition coefficient (Wildman–Crippen LogP) is 3.80. The van der Waals surface area contributed by atoms with Gasteiger partial charge in [0.1, 0.15) is 6.33 Å². The van der Waals surface area contributed by atoms with Crippen molar-refractivity contribution in [1.29, 1.82) is 0 Å². The molecule has 2 aromatic rings. The molecule has 1 aromatic heterocycles. The van der Waals surface area contributed by atoms with Gasteiger partial charge in [0.25, 0.3) is 5.91 Å². The number of amides is 1. The molecule has 122 valence electrons. The molecule has 1 amide bonds. The number of aromatic nitrogens is 2. The van der Waals surface area contributed by atoms with Crippen molar-refractivity contribution in [3.63, 3.8) is 0 Å². The van der Waals surface area contributed by atoms with Gasteiger partial charge in [0.05, 0.1) is 11.1 Å². The summed E-state index contributed by atoms with van der Waals surface area (Å²) in [6, 6.07) is 4.73. The summed E-state index contributed by atoms with van der Waals surface area (Å²) in [4.78, 5) is 21.5. The molecule has 0 aliphatic heterocycles. The van der Waals surface area contributed by atoms with Crippen LogP contribution in [-0.2, 0) is 6.18 Å². The Kier molecular flexibility index (Phi) is 4.98. The van der Waals surface area contributed by atoms with Crippen molar-refractivity contribution in [2.45, 2.75) is 20.0 Å². The average Bonchev–Trinajstić information content (AvgIpc) is 2.52. The smallest absolute Gasteiger partial charge is 0.308 e. The number of hydrogen-bond donors (Lipinski definition) is 0. The highest BCUT2D eigenvalue weighted by Gasteiger charge is 2.31. The summed E-state index contributed by atoms with van der Waals surface area (Å²) in [5, 5.41) is 0. The second-order valence-electron chi connectivity index (χ2n) is 5.48. The molecule has 1 heterocycles. The average molecular weight is 323 g/mol. The van der Waals surface area contributed by atoms with Crippen LogP contribution in [0.1, 0.15) is 29.8 Å². The van der Waals surface area contributed by atoms with Gasteiger partial charge in [0.2, 0.25) is 0 Å². The van der Waals surface area contributed by atoms with Gasteiger partial charge in [-0.2, -0.15) is 13.2 Å². The van der Waals surface area contributed by atoms with E-state index in [0.29, 0.717) is 0 Å². The Morgan fingerprint density at radius 2 is 1.87 bits per heavy atom. The van der Waals surface area contributed by atoms with E-state index in [1.54, 1.807) is 0 Å². The third kappa shape index (κ3) is 4.28. The molecule has 0 spiro atoms. The molecule has 0 aliphatic rings. The minimum absolute atomic E-state index is 0.0816. The van der Waals surface area contributed by atoms with Crippen molar-refractivity contribution in [3.8, 4) is 0 Å². The van der Waals surface area contributed by atoms with Gasteiger partial charge in [-0.3, -0.25) is 4.79 Å². The maximum atomic E-state index is 12.9. The van der Waals surface area contributed by atoms with Gasteiger partial charge in [0.15, 0.2) is 0 Å². The lowest BCUT2D eigenvalue weighted by atomic mass is 10.1. The molecule has 0 aliphatic carbocycles. The van der Waals surface area contributed by atoms with Crippen molar-refractivity contribution in [2.24, 2.45) is 5.92 Å². The van der Waals surface area contributed by atoms with E-state index >= 15 is 0 Å². The number of benzene rings is 1. The van der Waals surface area contributed by atoms with Crippen molar-refractivity contribution in [3.05, 3.63) is 54.1 Å². The summed E-state index contributed by atoms with van der Waals surface area (Å²) in [6.07, 6.45) is -0.487. The number of hydrogen-bond acceptors (Lipinski definition) is 3. The fraction of sp³-hybridized carbons (Fsp3) is 0.312. The van der Waals surface area contributed by atoms with Crippen molar-refractivity contribution >= 4 is 11.6 Å². The van der Waals surface area contributed by atoms with E-state index in [4.69, 9.17) is 0 Å². The SMILES string of the molecule is CC(C)CN(C(=O)c1cncnc1)c1cccc(C(F)(F)F)c1. The largest absolute Gasteiger partial charge is 0.416 e. The van der Waals surface area contributed by atoms with Crippen LogP contribution in [0.5, 0.6) is 0 Å². The summed E-state index contributed by atoms with van der Waals surface area (Å²) in [7, 11) is 0. The van der Waals surface area contributed by atoms with E-state index in [1.165, 1.54) is 35.8 Å². The third-order valence-corrected chi connectivity index (χ3v) is 3.09. The van der Waals surface area contributed by atoms with Crippen LogP contribution in [-0.4, -0.2) is 22.4 Å². The molecule has 1 aromatic carbocycles. The standard InChI is InChI=1S/C16H16F3N3O/c1-11(2)9-22(15(23)12-7-20-10-21-8-12)14-5-3-4-13(6-14)16(17,18)19/h3-8,10-11H,9H2,1-2H3. The number of halogens is 3. The molecule has 0 atom stereocenters. The normalized spacial score (nSPS) is 11.6. The Morgan fingerprint density at radius 3 is 2.43 bits per heavy atom. The first kappa shape index (κ1) is 16.9. The molecule has 0 bridgehead atoms. The number of anilines is 1. The molecule has 0 saturated heterocycles. The molecule has 0 unspecified atom stereocenters. The maximum absolute atomic E-state index is 12.9. The molecule has 2 rings (SSSR count). The molecular weight excluding hydrogens is 307 g/mol. The minimum Gasteiger partial charge on any atom is -0.308 e. The van der Waals surface area contributed by atoms with Gasteiger partial charge in [-0.25, -0.2) is 9.97 Å². The number of carbonyl (C=O) groups excluding carboxylic acids is 1. The molecule has 0 fully saturated rings. The third-order valence-electron chi connectivity index (χ3n) is 3.09. The lowest BCUT2D eigenvalue weighted by Crippen LogP contribution is -2.34. The predicted molar refractivity (Wildman–Crippen MR) is 80.0 cm³/mol.